The van der Waals surface area contributed by atoms with E-state index in [4.69, 9.17) is 40.9 Å². The van der Waals surface area contributed by atoms with Crippen molar-refractivity contribution in [3.8, 4) is 0 Å². The SMILES string of the molecule is O=[N+]([O-])[O-].O=[N+]([O-])[O-].OCCO.[Mg+2]. The summed E-state index contributed by atoms with van der Waals surface area (Å²) in [6.45, 7) is -0.250. The predicted octanol–water partition coefficient (Wildman–Crippen LogP) is -1.89. The van der Waals surface area contributed by atoms with Crippen LogP contribution < -0.4 is 0 Å². The van der Waals surface area contributed by atoms with Gasteiger partial charge >= 0.3 is 23.1 Å². The van der Waals surface area contributed by atoms with Crippen molar-refractivity contribution in [3.63, 3.8) is 0 Å². The van der Waals surface area contributed by atoms with E-state index >= 15 is 0 Å². The van der Waals surface area contributed by atoms with Gasteiger partial charge in [0.25, 0.3) is 0 Å². The molecule has 13 heavy (non-hydrogen) atoms. The molecular formula is C2H6MgN2O8. The van der Waals surface area contributed by atoms with Crippen LogP contribution in [-0.2, 0) is 0 Å². The second kappa shape index (κ2) is 22.5. The first-order chi connectivity index (χ1) is 5.38. The van der Waals surface area contributed by atoms with E-state index in [1.807, 2.05) is 0 Å². The van der Waals surface area contributed by atoms with Crippen LogP contribution in [0.1, 0.15) is 0 Å². The van der Waals surface area contributed by atoms with Crippen molar-refractivity contribution in [2.24, 2.45) is 0 Å². The first-order valence-electron chi connectivity index (χ1n) is 2.23. The van der Waals surface area contributed by atoms with Crippen LogP contribution in [0.5, 0.6) is 0 Å². The van der Waals surface area contributed by atoms with Gasteiger partial charge in [-0.2, -0.15) is 0 Å². The van der Waals surface area contributed by atoms with Crippen molar-refractivity contribution in [3.05, 3.63) is 30.6 Å². The Hall–Kier alpha value is -0.914. The molecule has 74 valence electrons. The minimum atomic E-state index is -1.75. The van der Waals surface area contributed by atoms with Gasteiger partial charge in [-0.25, -0.2) is 0 Å². The maximum Gasteiger partial charge on any atom is 2.00 e. The molecule has 0 spiro atoms. The number of rotatable bonds is 1. The van der Waals surface area contributed by atoms with Crippen LogP contribution in [0.15, 0.2) is 0 Å². The molecule has 0 saturated heterocycles. The van der Waals surface area contributed by atoms with E-state index in [1.54, 1.807) is 0 Å². The molecule has 0 aliphatic rings. The van der Waals surface area contributed by atoms with Gasteiger partial charge in [0.05, 0.1) is 23.4 Å². The summed E-state index contributed by atoms with van der Waals surface area (Å²) in [5, 5.41) is 44.8. The van der Waals surface area contributed by atoms with Gasteiger partial charge in [-0.05, 0) is 0 Å². The molecule has 0 bridgehead atoms. The zero-order valence-electron chi connectivity index (χ0n) is 6.36. The zero-order valence-corrected chi connectivity index (χ0v) is 7.77. The summed E-state index contributed by atoms with van der Waals surface area (Å²) >= 11 is 0. The van der Waals surface area contributed by atoms with E-state index in [2.05, 4.69) is 0 Å². The van der Waals surface area contributed by atoms with Crippen molar-refractivity contribution in [2.75, 3.05) is 13.2 Å². The Balaban J connectivity index is -0.0000000450. The Morgan fingerprint density at radius 2 is 0.923 bits per heavy atom. The molecule has 10 nitrogen and oxygen atoms in total. The topological polar surface area (TPSA) is 173 Å². The Morgan fingerprint density at radius 1 is 0.846 bits per heavy atom. The van der Waals surface area contributed by atoms with Gasteiger partial charge in [0.2, 0.25) is 0 Å². The Kier molecular flexibility index (Phi) is 39.2. The third-order valence-electron chi connectivity index (χ3n) is 0.1000. The molecule has 11 heteroatoms. The fraction of sp³-hybridized carbons (Fsp3) is 1.00. The van der Waals surface area contributed by atoms with Gasteiger partial charge in [0.15, 0.2) is 0 Å². The molecule has 0 heterocycles. The average molecular weight is 210 g/mol. The number of aliphatic hydroxyl groups is 2. The molecule has 0 aliphatic carbocycles. The molecule has 0 aromatic carbocycles. The molecule has 0 amide bonds. The minimum Gasteiger partial charge on any atom is -0.394 e. The molecule has 0 radical (unpaired) electrons. The van der Waals surface area contributed by atoms with Crippen molar-refractivity contribution < 1.29 is 20.4 Å². The molecule has 0 fully saturated rings. The molecular weight excluding hydrogens is 204 g/mol. The van der Waals surface area contributed by atoms with Crippen LogP contribution in [0.2, 0.25) is 0 Å². The zero-order chi connectivity index (χ0) is 10.6. The van der Waals surface area contributed by atoms with Crippen LogP contribution in [0.25, 0.3) is 0 Å². The standard InChI is InChI=1S/C2H6O2.Mg.2NO3/c3-1-2-4;;2*2-1(3)4/h3-4H,1-2H2;;;/q;+2;2*-1. The molecule has 0 unspecified atom stereocenters. The summed E-state index contributed by atoms with van der Waals surface area (Å²) in [5.41, 5.74) is 0. The Morgan fingerprint density at radius 3 is 0.923 bits per heavy atom. The molecule has 0 aromatic rings. The van der Waals surface area contributed by atoms with Gasteiger partial charge in [-0.3, -0.25) is 0 Å². The third-order valence-corrected chi connectivity index (χ3v) is 0.1000. The van der Waals surface area contributed by atoms with Crippen LogP contribution in [0, 0.1) is 30.6 Å². The Bertz CT molecular complexity index is 96.7. The smallest absolute Gasteiger partial charge is 0.394 e. The number of hydrogen-bond donors (Lipinski definition) is 2. The average Bonchev–Trinajstić information content (AvgIpc) is 1.85. The van der Waals surface area contributed by atoms with Gasteiger partial charge in [-0.1, -0.05) is 0 Å². The fourth-order valence-corrected chi connectivity index (χ4v) is 0. The summed E-state index contributed by atoms with van der Waals surface area (Å²) in [5.74, 6) is 0. The summed E-state index contributed by atoms with van der Waals surface area (Å²) in [6, 6.07) is 0. The van der Waals surface area contributed by atoms with Crippen molar-refractivity contribution in [1.82, 2.24) is 0 Å². The maximum atomic E-state index is 8.25. The summed E-state index contributed by atoms with van der Waals surface area (Å²) in [4.78, 5) is 16.5. The van der Waals surface area contributed by atoms with E-state index < -0.39 is 10.2 Å². The fourth-order valence-electron chi connectivity index (χ4n) is 0. The Labute approximate surface area is 87.8 Å². The van der Waals surface area contributed by atoms with Crippen LogP contribution in [0.3, 0.4) is 0 Å². The predicted molar refractivity (Wildman–Crippen MR) is 40.6 cm³/mol. The molecule has 0 saturated carbocycles. The van der Waals surface area contributed by atoms with Crippen molar-refractivity contribution in [2.45, 2.75) is 0 Å². The molecule has 2 N–H and O–H groups in total. The van der Waals surface area contributed by atoms with E-state index in [1.165, 1.54) is 0 Å². The molecule has 0 aromatic heterocycles. The second-order valence-corrected chi connectivity index (χ2v) is 0.894. The van der Waals surface area contributed by atoms with E-state index in [9.17, 15) is 0 Å². The monoisotopic (exact) mass is 210 g/mol. The van der Waals surface area contributed by atoms with Crippen molar-refractivity contribution >= 4 is 23.1 Å². The minimum absolute atomic E-state index is 0. The van der Waals surface area contributed by atoms with Gasteiger partial charge in [-0.15, -0.1) is 0 Å². The van der Waals surface area contributed by atoms with Crippen molar-refractivity contribution in [1.29, 1.82) is 0 Å². The molecule has 0 atom stereocenters. The maximum absolute atomic E-state index is 8.25. The normalized spacial score (nSPS) is 6.00. The quantitative estimate of drug-likeness (QED) is 0.287. The van der Waals surface area contributed by atoms with E-state index in [0.29, 0.717) is 0 Å². The van der Waals surface area contributed by atoms with Crippen LogP contribution in [-0.4, -0.2) is 56.7 Å². The number of nitrogens with zero attached hydrogens (tertiary/aromatic N) is 2. The van der Waals surface area contributed by atoms with Crippen LogP contribution in [0.4, 0.5) is 0 Å². The second-order valence-electron chi connectivity index (χ2n) is 0.894. The van der Waals surface area contributed by atoms with E-state index in [-0.39, 0.29) is 36.3 Å². The first kappa shape index (κ1) is 22.7. The summed E-state index contributed by atoms with van der Waals surface area (Å²) in [7, 11) is 0. The molecule has 0 rings (SSSR count). The number of aliphatic hydroxyl groups excluding tert-OH is 2. The van der Waals surface area contributed by atoms with Gasteiger partial charge in [0, 0.05) is 0 Å². The van der Waals surface area contributed by atoms with Crippen LogP contribution >= 0.6 is 0 Å². The van der Waals surface area contributed by atoms with Gasteiger partial charge in [0.1, 0.15) is 0 Å². The summed E-state index contributed by atoms with van der Waals surface area (Å²) < 4.78 is 0. The number of hydrogen-bond acceptors (Lipinski definition) is 8. The summed E-state index contributed by atoms with van der Waals surface area (Å²) in [6.07, 6.45) is 0. The first-order valence-corrected chi connectivity index (χ1v) is 2.23. The van der Waals surface area contributed by atoms with Gasteiger partial charge < -0.3 is 40.9 Å². The third kappa shape index (κ3) is 123000. The van der Waals surface area contributed by atoms with E-state index in [0.717, 1.165) is 0 Å². The largest absolute Gasteiger partial charge is 2.00 e. The molecule has 0 aliphatic heterocycles.